The van der Waals surface area contributed by atoms with Crippen molar-refractivity contribution in [2.24, 2.45) is 0 Å². The standard InChI is InChI=1S/C16H17N5O/c1-22-14-9-8-13(21-15(14)19-16(17)20-21)12-7-6-10-4-2-3-5-11(10)18-12/h2-7,13-14H,8-9H2,1H3,(H2,17,20). The van der Waals surface area contributed by atoms with E-state index in [0.717, 1.165) is 35.3 Å². The SMILES string of the molecule is COC1CCC(c2ccc3ccccc3n2)n2nc(N)nc21. The molecule has 6 nitrogen and oxygen atoms in total. The summed E-state index contributed by atoms with van der Waals surface area (Å²) >= 11 is 0. The van der Waals surface area contributed by atoms with E-state index < -0.39 is 0 Å². The largest absolute Gasteiger partial charge is 0.373 e. The number of nitrogens with zero attached hydrogens (tertiary/aromatic N) is 4. The van der Waals surface area contributed by atoms with Gasteiger partial charge in [0, 0.05) is 12.5 Å². The van der Waals surface area contributed by atoms with Gasteiger partial charge in [-0.1, -0.05) is 24.3 Å². The monoisotopic (exact) mass is 295 g/mol. The first-order valence-corrected chi connectivity index (χ1v) is 7.36. The Hall–Kier alpha value is -2.47. The number of ether oxygens (including phenoxy) is 1. The molecule has 22 heavy (non-hydrogen) atoms. The average Bonchev–Trinajstić information content (AvgIpc) is 2.94. The maximum atomic E-state index is 5.79. The fourth-order valence-corrected chi connectivity index (χ4v) is 3.13. The molecule has 2 N–H and O–H groups in total. The highest BCUT2D eigenvalue weighted by Gasteiger charge is 2.31. The molecule has 2 unspecified atom stereocenters. The minimum atomic E-state index is -0.0542. The van der Waals surface area contributed by atoms with E-state index in [-0.39, 0.29) is 18.1 Å². The summed E-state index contributed by atoms with van der Waals surface area (Å²) in [5.74, 6) is 1.07. The van der Waals surface area contributed by atoms with Crippen molar-refractivity contribution in [3.8, 4) is 0 Å². The number of benzene rings is 1. The molecule has 1 aliphatic heterocycles. The van der Waals surface area contributed by atoms with Gasteiger partial charge in [-0.2, -0.15) is 4.98 Å². The zero-order valence-corrected chi connectivity index (χ0v) is 12.3. The van der Waals surface area contributed by atoms with Crippen LogP contribution in [0.1, 0.15) is 36.5 Å². The summed E-state index contributed by atoms with van der Waals surface area (Å²) in [5.41, 5.74) is 7.76. The third-order valence-electron chi connectivity index (χ3n) is 4.21. The second-order valence-electron chi connectivity index (χ2n) is 5.52. The lowest BCUT2D eigenvalue weighted by Crippen LogP contribution is -2.25. The van der Waals surface area contributed by atoms with Gasteiger partial charge >= 0.3 is 0 Å². The first kappa shape index (κ1) is 13.2. The Balaban J connectivity index is 1.81. The fourth-order valence-electron chi connectivity index (χ4n) is 3.13. The van der Waals surface area contributed by atoms with Gasteiger partial charge in [0.2, 0.25) is 5.95 Å². The molecule has 1 aliphatic rings. The predicted octanol–water partition coefficient (Wildman–Crippen LogP) is 2.48. The molecule has 0 bridgehead atoms. The van der Waals surface area contributed by atoms with Gasteiger partial charge in [0.1, 0.15) is 6.10 Å². The van der Waals surface area contributed by atoms with Gasteiger partial charge in [0.15, 0.2) is 5.82 Å². The summed E-state index contributed by atoms with van der Waals surface area (Å²) in [5, 5.41) is 5.49. The molecule has 3 heterocycles. The van der Waals surface area contributed by atoms with E-state index in [4.69, 9.17) is 15.5 Å². The second-order valence-corrected chi connectivity index (χ2v) is 5.52. The second kappa shape index (κ2) is 5.06. The lowest BCUT2D eigenvalue weighted by Gasteiger charge is -2.27. The Morgan fingerprint density at radius 2 is 2.00 bits per heavy atom. The number of hydrogen-bond acceptors (Lipinski definition) is 5. The summed E-state index contributed by atoms with van der Waals surface area (Å²) in [7, 11) is 1.69. The summed E-state index contributed by atoms with van der Waals surface area (Å²) in [6, 6.07) is 12.3. The van der Waals surface area contributed by atoms with Crippen LogP contribution in [0, 0.1) is 0 Å². The number of nitrogens with two attached hydrogens (primary N) is 1. The third kappa shape index (κ3) is 2.03. The molecule has 4 rings (SSSR count). The van der Waals surface area contributed by atoms with Crippen LogP contribution < -0.4 is 5.73 Å². The molecule has 0 spiro atoms. The summed E-state index contributed by atoms with van der Waals surface area (Å²) < 4.78 is 7.35. The van der Waals surface area contributed by atoms with Crippen molar-refractivity contribution in [2.75, 3.05) is 12.8 Å². The molecule has 0 aliphatic carbocycles. The number of hydrogen-bond donors (Lipinski definition) is 1. The molecule has 0 fully saturated rings. The summed E-state index contributed by atoms with van der Waals surface area (Å²) in [4.78, 5) is 9.11. The van der Waals surface area contributed by atoms with Gasteiger partial charge in [0.25, 0.3) is 0 Å². The molecule has 112 valence electrons. The van der Waals surface area contributed by atoms with E-state index in [1.807, 2.05) is 22.9 Å². The maximum Gasteiger partial charge on any atom is 0.239 e. The predicted molar refractivity (Wildman–Crippen MR) is 83.3 cm³/mol. The summed E-state index contributed by atoms with van der Waals surface area (Å²) in [6.07, 6.45) is 1.73. The smallest absolute Gasteiger partial charge is 0.239 e. The Morgan fingerprint density at radius 3 is 2.86 bits per heavy atom. The molecule has 0 amide bonds. The highest BCUT2D eigenvalue weighted by Crippen LogP contribution is 2.36. The van der Waals surface area contributed by atoms with Gasteiger partial charge in [-0.3, -0.25) is 4.98 Å². The van der Waals surface area contributed by atoms with E-state index >= 15 is 0 Å². The molecular formula is C16H17N5O. The Labute approximate surface area is 127 Å². The van der Waals surface area contributed by atoms with Crippen molar-refractivity contribution < 1.29 is 4.74 Å². The normalized spacial score (nSPS) is 21.0. The number of nitrogen functional groups attached to an aromatic ring is 1. The van der Waals surface area contributed by atoms with Crippen molar-refractivity contribution in [1.82, 2.24) is 19.7 Å². The molecule has 1 aromatic carbocycles. The molecule has 2 atom stereocenters. The first-order chi connectivity index (χ1) is 10.8. The minimum absolute atomic E-state index is 0.0517. The maximum absolute atomic E-state index is 5.79. The number of anilines is 1. The quantitative estimate of drug-likeness (QED) is 0.785. The van der Waals surface area contributed by atoms with Crippen LogP contribution in [0.5, 0.6) is 0 Å². The number of rotatable bonds is 2. The van der Waals surface area contributed by atoms with Crippen molar-refractivity contribution in [3.63, 3.8) is 0 Å². The average molecular weight is 295 g/mol. The molecule has 0 saturated heterocycles. The number of fused-ring (bicyclic) bond motifs is 2. The zero-order chi connectivity index (χ0) is 15.1. The van der Waals surface area contributed by atoms with Crippen LogP contribution in [-0.4, -0.2) is 26.9 Å². The number of pyridine rings is 1. The molecular weight excluding hydrogens is 278 g/mol. The van der Waals surface area contributed by atoms with Gasteiger partial charge in [-0.15, -0.1) is 5.10 Å². The van der Waals surface area contributed by atoms with Crippen molar-refractivity contribution in [2.45, 2.75) is 25.0 Å². The van der Waals surface area contributed by atoms with Gasteiger partial charge < -0.3 is 10.5 Å². The summed E-state index contributed by atoms with van der Waals surface area (Å²) in [6.45, 7) is 0. The van der Waals surface area contributed by atoms with Crippen LogP contribution in [0.15, 0.2) is 36.4 Å². The minimum Gasteiger partial charge on any atom is -0.373 e. The first-order valence-electron chi connectivity index (χ1n) is 7.36. The van der Waals surface area contributed by atoms with E-state index in [9.17, 15) is 0 Å². The Bertz CT molecular complexity index is 828. The highest BCUT2D eigenvalue weighted by molar-refractivity contribution is 5.78. The molecule has 2 aromatic heterocycles. The van der Waals surface area contributed by atoms with E-state index in [1.165, 1.54) is 0 Å². The zero-order valence-electron chi connectivity index (χ0n) is 12.3. The van der Waals surface area contributed by atoms with E-state index in [0.29, 0.717) is 0 Å². The molecule has 3 aromatic rings. The number of methoxy groups -OCH3 is 1. The lowest BCUT2D eigenvalue weighted by atomic mass is 9.99. The molecule has 0 radical (unpaired) electrons. The van der Waals surface area contributed by atoms with Crippen LogP contribution in [0.3, 0.4) is 0 Å². The van der Waals surface area contributed by atoms with Crippen LogP contribution in [-0.2, 0) is 4.74 Å². The van der Waals surface area contributed by atoms with Crippen LogP contribution >= 0.6 is 0 Å². The van der Waals surface area contributed by atoms with Crippen molar-refractivity contribution in [3.05, 3.63) is 47.9 Å². The topological polar surface area (TPSA) is 78.8 Å². The van der Waals surface area contributed by atoms with Crippen LogP contribution in [0.4, 0.5) is 5.95 Å². The van der Waals surface area contributed by atoms with Crippen LogP contribution in [0.25, 0.3) is 10.9 Å². The van der Waals surface area contributed by atoms with E-state index in [1.54, 1.807) is 7.11 Å². The van der Waals surface area contributed by atoms with Crippen molar-refractivity contribution in [1.29, 1.82) is 0 Å². The molecule has 6 heteroatoms. The highest BCUT2D eigenvalue weighted by atomic mass is 16.5. The number of para-hydroxylation sites is 1. The number of aromatic nitrogens is 4. The third-order valence-corrected chi connectivity index (χ3v) is 4.21. The Morgan fingerprint density at radius 1 is 1.14 bits per heavy atom. The van der Waals surface area contributed by atoms with Gasteiger partial charge in [0.05, 0.1) is 17.3 Å². The van der Waals surface area contributed by atoms with E-state index in [2.05, 4.69) is 28.3 Å². The lowest BCUT2D eigenvalue weighted by molar-refractivity contribution is 0.0645. The molecule has 0 saturated carbocycles. The van der Waals surface area contributed by atoms with Crippen molar-refractivity contribution >= 4 is 16.9 Å². The Kier molecular flexibility index (Phi) is 3.04. The van der Waals surface area contributed by atoms with Gasteiger partial charge in [-0.05, 0) is 25.0 Å². The van der Waals surface area contributed by atoms with Crippen LogP contribution in [0.2, 0.25) is 0 Å². The fraction of sp³-hybridized carbons (Fsp3) is 0.312. The van der Waals surface area contributed by atoms with Gasteiger partial charge in [-0.25, -0.2) is 4.68 Å².